The maximum atomic E-state index is 13.0. The summed E-state index contributed by atoms with van der Waals surface area (Å²) in [6.45, 7) is 1.14. The molecule has 2 saturated heterocycles. The van der Waals surface area contributed by atoms with Crippen LogP contribution in [0.5, 0.6) is 0 Å². The number of rotatable bonds is 4. The van der Waals surface area contributed by atoms with Crippen LogP contribution in [0.25, 0.3) is 0 Å². The summed E-state index contributed by atoms with van der Waals surface area (Å²) in [6, 6.07) is 8.12. The molecule has 2 amide bonds. The normalized spacial score (nSPS) is 19.9. The predicted molar refractivity (Wildman–Crippen MR) is 114 cm³/mol. The van der Waals surface area contributed by atoms with E-state index in [9.17, 15) is 32.9 Å². The first-order chi connectivity index (χ1) is 15.6. The Hall–Kier alpha value is -3.18. The number of hydrogen-bond acceptors (Lipinski definition) is 6. The summed E-state index contributed by atoms with van der Waals surface area (Å²) in [6.07, 6.45) is -4.69. The second-order valence-corrected chi connectivity index (χ2v) is 8.18. The Balaban J connectivity index is 1.47. The molecular formula is C21H18ClF3N4O4. The lowest BCUT2D eigenvalue weighted by atomic mass is 10.1. The molecule has 2 heterocycles. The molecule has 0 radical (unpaired) electrons. The molecule has 12 heteroatoms. The number of carbonyl (C=O) groups is 2. The fraction of sp³-hybridized carbons (Fsp3) is 0.333. The van der Waals surface area contributed by atoms with Crippen LogP contribution in [0.3, 0.4) is 0 Å². The van der Waals surface area contributed by atoms with E-state index in [1.807, 2.05) is 4.90 Å². The first kappa shape index (κ1) is 23.0. The van der Waals surface area contributed by atoms with Crippen molar-refractivity contribution in [1.29, 1.82) is 0 Å². The van der Waals surface area contributed by atoms with Gasteiger partial charge in [0, 0.05) is 37.3 Å². The third kappa shape index (κ3) is 4.51. The molecule has 8 nitrogen and oxygen atoms in total. The van der Waals surface area contributed by atoms with Crippen molar-refractivity contribution in [2.75, 3.05) is 36.0 Å². The first-order valence-corrected chi connectivity index (χ1v) is 10.4. The van der Waals surface area contributed by atoms with Crippen LogP contribution < -0.4 is 9.80 Å². The van der Waals surface area contributed by atoms with E-state index < -0.39 is 28.4 Å². The number of anilines is 2. The maximum absolute atomic E-state index is 13.0. The van der Waals surface area contributed by atoms with Crippen LogP contribution in [-0.2, 0) is 15.8 Å². The highest BCUT2D eigenvalue weighted by Gasteiger charge is 2.43. The summed E-state index contributed by atoms with van der Waals surface area (Å²) in [5, 5.41) is 11.9. The topological polar surface area (TPSA) is 87.0 Å². The summed E-state index contributed by atoms with van der Waals surface area (Å²) in [7, 11) is 0. The molecule has 2 aliphatic heterocycles. The van der Waals surface area contributed by atoms with E-state index in [1.54, 1.807) is 29.2 Å². The summed E-state index contributed by atoms with van der Waals surface area (Å²) < 4.78 is 38.9. The number of nitro benzene ring substituents is 1. The Morgan fingerprint density at radius 3 is 2.21 bits per heavy atom. The van der Waals surface area contributed by atoms with Gasteiger partial charge in [-0.2, -0.15) is 13.2 Å². The number of halogens is 4. The van der Waals surface area contributed by atoms with Gasteiger partial charge >= 0.3 is 6.18 Å². The van der Waals surface area contributed by atoms with Gasteiger partial charge in [-0.15, -0.1) is 0 Å². The summed E-state index contributed by atoms with van der Waals surface area (Å²) in [5.74, 6) is -0.704. The van der Waals surface area contributed by atoms with Crippen molar-refractivity contribution in [3.05, 3.63) is 63.2 Å². The molecule has 174 valence electrons. The Morgan fingerprint density at radius 2 is 1.64 bits per heavy atom. The van der Waals surface area contributed by atoms with Gasteiger partial charge in [0.05, 0.1) is 28.6 Å². The van der Waals surface area contributed by atoms with Crippen LogP contribution >= 0.6 is 11.6 Å². The van der Waals surface area contributed by atoms with Crippen LogP contribution in [0.1, 0.15) is 12.0 Å². The van der Waals surface area contributed by atoms with E-state index in [2.05, 4.69) is 0 Å². The monoisotopic (exact) mass is 482 g/mol. The molecule has 1 unspecified atom stereocenters. The molecule has 0 aliphatic carbocycles. The molecule has 0 bridgehead atoms. The van der Waals surface area contributed by atoms with Crippen molar-refractivity contribution in [2.45, 2.75) is 18.6 Å². The highest BCUT2D eigenvalue weighted by molar-refractivity contribution is 6.30. The summed E-state index contributed by atoms with van der Waals surface area (Å²) >= 11 is 5.87. The van der Waals surface area contributed by atoms with Crippen molar-refractivity contribution >= 4 is 40.5 Å². The lowest BCUT2D eigenvalue weighted by Crippen LogP contribution is -2.52. The number of alkyl halides is 3. The average Bonchev–Trinajstić information content (AvgIpc) is 3.07. The van der Waals surface area contributed by atoms with Crippen molar-refractivity contribution in [3.63, 3.8) is 0 Å². The van der Waals surface area contributed by atoms with Gasteiger partial charge in [-0.25, -0.2) is 4.90 Å². The van der Waals surface area contributed by atoms with E-state index in [1.165, 1.54) is 0 Å². The Kier molecular flexibility index (Phi) is 6.02. The smallest absolute Gasteiger partial charge is 0.363 e. The van der Waals surface area contributed by atoms with Crippen molar-refractivity contribution in [1.82, 2.24) is 4.90 Å². The number of imide groups is 1. The minimum Gasteiger partial charge on any atom is -0.363 e. The molecule has 2 aliphatic rings. The molecule has 0 aromatic heterocycles. The number of amides is 2. The second kappa shape index (κ2) is 8.64. The van der Waals surface area contributed by atoms with Crippen LogP contribution in [0.4, 0.5) is 30.2 Å². The SMILES string of the molecule is O=C1CC(N2CCN(c3ccc(C(F)(F)F)cc3[N+](=O)[O-])CC2)C(=O)N1c1ccc(Cl)cc1. The zero-order valence-corrected chi connectivity index (χ0v) is 17.8. The lowest BCUT2D eigenvalue weighted by Gasteiger charge is -2.37. The van der Waals surface area contributed by atoms with Crippen LogP contribution in [0.2, 0.25) is 5.02 Å². The van der Waals surface area contributed by atoms with Gasteiger partial charge in [-0.05, 0) is 36.4 Å². The quantitative estimate of drug-likeness (QED) is 0.375. The zero-order chi connectivity index (χ0) is 23.9. The molecule has 2 fully saturated rings. The lowest BCUT2D eigenvalue weighted by molar-refractivity contribution is -0.384. The van der Waals surface area contributed by atoms with Crippen molar-refractivity contribution < 1.29 is 27.7 Å². The van der Waals surface area contributed by atoms with Gasteiger partial charge in [0.2, 0.25) is 5.91 Å². The molecule has 2 aromatic rings. The highest BCUT2D eigenvalue weighted by Crippen LogP contribution is 2.37. The van der Waals surface area contributed by atoms with Crippen LogP contribution in [0.15, 0.2) is 42.5 Å². The average molecular weight is 483 g/mol. The standard InChI is InChI=1S/C21H18ClF3N4O4/c22-14-2-4-15(5-3-14)28-19(30)12-18(20(28)31)27-9-7-26(8-10-27)16-6-1-13(21(23,24)25)11-17(16)29(32)33/h1-6,11,18H,7-10,12H2. The zero-order valence-electron chi connectivity index (χ0n) is 17.1. The third-order valence-electron chi connectivity index (χ3n) is 5.80. The largest absolute Gasteiger partial charge is 0.416 e. The van der Waals surface area contributed by atoms with Crippen LogP contribution in [0, 0.1) is 10.1 Å². The number of nitrogens with zero attached hydrogens (tertiary/aromatic N) is 4. The Labute approximate surface area is 191 Å². The minimum atomic E-state index is -4.69. The molecule has 2 aromatic carbocycles. The van der Waals surface area contributed by atoms with E-state index >= 15 is 0 Å². The van der Waals surface area contributed by atoms with E-state index in [4.69, 9.17) is 11.6 Å². The fourth-order valence-electron chi connectivity index (χ4n) is 4.15. The second-order valence-electron chi connectivity index (χ2n) is 7.75. The molecule has 1 atom stereocenters. The van der Waals surface area contributed by atoms with E-state index in [0.717, 1.165) is 17.0 Å². The van der Waals surface area contributed by atoms with Gasteiger partial charge in [-0.3, -0.25) is 24.6 Å². The van der Waals surface area contributed by atoms with Crippen molar-refractivity contribution in [3.8, 4) is 0 Å². The van der Waals surface area contributed by atoms with Gasteiger partial charge in [0.15, 0.2) is 0 Å². The summed E-state index contributed by atoms with van der Waals surface area (Å²) in [4.78, 5) is 40.6. The molecular weight excluding hydrogens is 465 g/mol. The predicted octanol–water partition coefficient (Wildman–Crippen LogP) is 3.72. The number of carbonyl (C=O) groups excluding carboxylic acids is 2. The number of benzene rings is 2. The van der Waals surface area contributed by atoms with Gasteiger partial charge in [-0.1, -0.05) is 11.6 Å². The van der Waals surface area contributed by atoms with Crippen molar-refractivity contribution in [2.24, 2.45) is 0 Å². The minimum absolute atomic E-state index is 0.00187. The van der Waals surface area contributed by atoms with Gasteiger partial charge in [0.1, 0.15) is 5.69 Å². The number of piperazine rings is 1. The molecule has 33 heavy (non-hydrogen) atoms. The molecule has 0 spiro atoms. The Bertz CT molecular complexity index is 1100. The van der Waals surface area contributed by atoms with Crippen LogP contribution in [-0.4, -0.2) is 53.9 Å². The number of hydrogen-bond donors (Lipinski definition) is 0. The maximum Gasteiger partial charge on any atom is 0.416 e. The fourth-order valence-corrected chi connectivity index (χ4v) is 4.28. The third-order valence-corrected chi connectivity index (χ3v) is 6.05. The molecule has 0 saturated carbocycles. The van der Waals surface area contributed by atoms with E-state index in [-0.39, 0.29) is 37.0 Å². The number of nitro groups is 1. The summed E-state index contributed by atoms with van der Waals surface area (Å²) in [5.41, 5.74) is -1.20. The first-order valence-electron chi connectivity index (χ1n) is 10.0. The Morgan fingerprint density at radius 1 is 1.00 bits per heavy atom. The highest BCUT2D eigenvalue weighted by atomic mass is 35.5. The molecule has 4 rings (SSSR count). The van der Waals surface area contributed by atoms with E-state index in [0.29, 0.717) is 29.9 Å². The van der Waals surface area contributed by atoms with Gasteiger partial charge < -0.3 is 4.90 Å². The van der Waals surface area contributed by atoms with Gasteiger partial charge in [0.25, 0.3) is 11.6 Å². The molecule has 0 N–H and O–H groups in total.